The molecule has 1 aromatic rings. The summed E-state index contributed by atoms with van der Waals surface area (Å²) in [5, 5.41) is 9.24. The number of amides is 1. The van der Waals surface area contributed by atoms with E-state index in [0.717, 1.165) is 4.47 Å². The van der Waals surface area contributed by atoms with Gasteiger partial charge in [-0.05, 0) is 18.2 Å². The predicted molar refractivity (Wildman–Crippen MR) is 72.4 cm³/mol. The van der Waals surface area contributed by atoms with E-state index in [1.807, 2.05) is 0 Å². The molecule has 1 aromatic carbocycles. The lowest BCUT2D eigenvalue weighted by Gasteiger charge is -2.31. The van der Waals surface area contributed by atoms with E-state index < -0.39 is 12.1 Å². The Hall–Kier alpha value is -1.11. The van der Waals surface area contributed by atoms with Crippen molar-refractivity contribution in [3.05, 3.63) is 33.3 Å². The number of benzene rings is 1. The Bertz CT molecular complexity index is 522. The number of carboxylic acid groups (broad SMARTS) is 1. The average molecular weight is 349 g/mol. The maximum absolute atomic E-state index is 12.3. The molecule has 1 N–H and O–H groups in total. The van der Waals surface area contributed by atoms with E-state index in [9.17, 15) is 9.59 Å². The van der Waals surface area contributed by atoms with Crippen LogP contribution < -0.4 is 0 Å². The Morgan fingerprint density at radius 3 is 2.84 bits per heavy atom. The third-order valence-electron chi connectivity index (χ3n) is 2.79. The fraction of sp³-hybridized carbons (Fsp3) is 0.333. The van der Waals surface area contributed by atoms with E-state index in [2.05, 4.69) is 15.9 Å². The van der Waals surface area contributed by atoms with E-state index in [4.69, 9.17) is 21.4 Å². The van der Waals surface area contributed by atoms with Crippen molar-refractivity contribution in [3.63, 3.8) is 0 Å². The lowest BCUT2D eigenvalue weighted by atomic mass is 10.1. The summed E-state index contributed by atoms with van der Waals surface area (Å²) in [5.74, 6) is -1.36. The molecule has 0 aromatic heterocycles. The predicted octanol–water partition coefficient (Wildman–Crippen LogP) is 2.03. The van der Waals surface area contributed by atoms with Gasteiger partial charge in [0, 0.05) is 11.0 Å². The lowest BCUT2D eigenvalue weighted by molar-refractivity contribution is -0.154. The molecule has 0 saturated carbocycles. The molecule has 102 valence electrons. The van der Waals surface area contributed by atoms with Crippen molar-refractivity contribution < 1.29 is 19.4 Å². The number of hydrogen-bond acceptors (Lipinski definition) is 3. The number of carbonyl (C=O) groups excluding carboxylic acids is 1. The number of carboxylic acids is 1. The molecule has 1 amide bonds. The highest BCUT2D eigenvalue weighted by molar-refractivity contribution is 9.10. The molecule has 19 heavy (non-hydrogen) atoms. The SMILES string of the molecule is O=C(O)C1CN(C(=O)c2ccc(Br)cc2Cl)CCO1. The van der Waals surface area contributed by atoms with Gasteiger partial charge in [-0.25, -0.2) is 4.79 Å². The van der Waals surface area contributed by atoms with Crippen LogP contribution in [0.4, 0.5) is 0 Å². The molecule has 1 heterocycles. The summed E-state index contributed by atoms with van der Waals surface area (Å²) in [6.45, 7) is 0.590. The minimum atomic E-state index is -1.07. The smallest absolute Gasteiger partial charge is 0.334 e. The molecule has 0 bridgehead atoms. The molecule has 1 aliphatic heterocycles. The molecule has 1 fully saturated rings. The van der Waals surface area contributed by atoms with E-state index >= 15 is 0 Å². The summed E-state index contributed by atoms with van der Waals surface area (Å²) >= 11 is 9.28. The molecular weight excluding hydrogens is 337 g/mol. The van der Waals surface area contributed by atoms with Crippen molar-refractivity contribution in [1.82, 2.24) is 4.90 Å². The second-order valence-electron chi connectivity index (χ2n) is 4.07. The van der Waals surface area contributed by atoms with E-state index in [1.54, 1.807) is 18.2 Å². The van der Waals surface area contributed by atoms with E-state index in [1.165, 1.54) is 4.90 Å². The maximum Gasteiger partial charge on any atom is 0.334 e. The first-order chi connectivity index (χ1) is 8.99. The van der Waals surface area contributed by atoms with Crippen LogP contribution in [0.5, 0.6) is 0 Å². The van der Waals surface area contributed by atoms with E-state index in [-0.39, 0.29) is 19.1 Å². The molecule has 1 unspecified atom stereocenters. The van der Waals surface area contributed by atoms with Crippen LogP contribution in [0, 0.1) is 0 Å². The minimum absolute atomic E-state index is 0.0283. The zero-order chi connectivity index (χ0) is 14.0. The molecule has 5 nitrogen and oxygen atoms in total. The normalized spacial score (nSPS) is 19.3. The Morgan fingerprint density at radius 1 is 1.47 bits per heavy atom. The molecule has 1 atom stereocenters. The van der Waals surface area contributed by atoms with Crippen LogP contribution in [0.15, 0.2) is 22.7 Å². The van der Waals surface area contributed by atoms with Crippen molar-refractivity contribution in [1.29, 1.82) is 0 Å². The topological polar surface area (TPSA) is 66.8 Å². The molecule has 1 aliphatic rings. The number of aliphatic carboxylic acids is 1. The van der Waals surface area contributed by atoms with Crippen molar-refractivity contribution >= 4 is 39.4 Å². The highest BCUT2D eigenvalue weighted by Crippen LogP contribution is 2.23. The maximum atomic E-state index is 12.3. The molecule has 7 heteroatoms. The second kappa shape index (κ2) is 5.90. The van der Waals surface area contributed by atoms with Gasteiger partial charge in [-0.15, -0.1) is 0 Å². The van der Waals surface area contributed by atoms with Crippen molar-refractivity contribution in [3.8, 4) is 0 Å². The molecule has 0 spiro atoms. The number of morpholine rings is 1. The van der Waals surface area contributed by atoms with Crippen molar-refractivity contribution in [2.45, 2.75) is 6.10 Å². The minimum Gasteiger partial charge on any atom is -0.479 e. The first-order valence-corrected chi connectivity index (χ1v) is 6.75. The first-order valence-electron chi connectivity index (χ1n) is 5.58. The first kappa shape index (κ1) is 14.3. The fourth-order valence-electron chi connectivity index (χ4n) is 1.82. The van der Waals surface area contributed by atoms with Crippen LogP contribution in [0.1, 0.15) is 10.4 Å². The van der Waals surface area contributed by atoms with Gasteiger partial charge in [0.05, 0.1) is 23.7 Å². The van der Waals surface area contributed by atoms with Gasteiger partial charge in [0.15, 0.2) is 6.10 Å². The van der Waals surface area contributed by atoms with Gasteiger partial charge in [-0.3, -0.25) is 4.79 Å². The molecular formula is C12H11BrClNO4. The fourth-order valence-corrected chi connectivity index (χ4v) is 2.57. The number of hydrogen-bond donors (Lipinski definition) is 1. The highest BCUT2D eigenvalue weighted by Gasteiger charge is 2.30. The van der Waals surface area contributed by atoms with Crippen molar-refractivity contribution in [2.75, 3.05) is 19.7 Å². The number of carbonyl (C=O) groups is 2. The number of nitrogens with zero attached hydrogens (tertiary/aromatic N) is 1. The van der Waals surface area contributed by atoms with Crippen LogP contribution in [0.25, 0.3) is 0 Å². The Balaban J connectivity index is 2.17. The number of ether oxygens (including phenoxy) is 1. The number of rotatable bonds is 2. The summed E-state index contributed by atoms with van der Waals surface area (Å²) in [6, 6.07) is 4.96. The van der Waals surface area contributed by atoms with Crippen LogP contribution in [-0.2, 0) is 9.53 Å². The average Bonchev–Trinajstić information content (AvgIpc) is 2.38. The summed E-state index contributed by atoms with van der Waals surface area (Å²) in [7, 11) is 0. The van der Waals surface area contributed by atoms with Crippen LogP contribution in [0.2, 0.25) is 5.02 Å². The van der Waals surface area contributed by atoms with Gasteiger partial charge in [0.2, 0.25) is 0 Å². The van der Waals surface area contributed by atoms with Crippen LogP contribution in [-0.4, -0.2) is 47.7 Å². The summed E-state index contributed by atoms with van der Waals surface area (Å²) < 4.78 is 5.85. The quantitative estimate of drug-likeness (QED) is 0.888. The van der Waals surface area contributed by atoms with Gasteiger partial charge in [-0.1, -0.05) is 27.5 Å². The summed E-state index contributed by atoms with van der Waals surface area (Å²) in [6.07, 6.45) is -0.980. The van der Waals surface area contributed by atoms with Crippen LogP contribution >= 0.6 is 27.5 Å². The lowest BCUT2D eigenvalue weighted by Crippen LogP contribution is -2.48. The molecule has 0 aliphatic carbocycles. The molecule has 2 rings (SSSR count). The Kier molecular flexibility index (Phi) is 4.44. The Labute approximate surface area is 123 Å². The zero-order valence-corrected chi connectivity index (χ0v) is 12.1. The second-order valence-corrected chi connectivity index (χ2v) is 5.40. The van der Waals surface area contributed by atoms with Crippen molar-refractivity contribution in [2.24, 2.45) is 0 Å². The standard InChI is InChI=1S/C12H11BrClNO4/c13-7-1-2-8(9(14)5-7)11(16)15-3-4-19-10(6-15)12(17)18/h1-2,5,10H,3-4,6H2,(H,17,18). The van der Waals surface area contributed by atoms with Gasteiger partial charge in [-0.2, -0.15) is 0 Å². The monoisotopic (exact) mass is 347 g/mol. The third kappa shape index (κ3) is 3.26. The summed E-state index contributed by atoms with van der Waals surface area (Å²) in [4.78, 5) is 24.6. The van der Waals surface area contributed by atoms with E-state index in [0.29, 0.717) is 17.1 Å². The van der Waals surface area contributed by atoms with Gasteiger partial charge < -0.3 is 14.7 Å². The van der Waals surface area contributed by atoms with Gasteiger partial charge in [0.1, 0.15) is 0 Å². The molecule has 0 radical (unpaired) electrons. The van der Waals surface area contributed by atoms with Crippen LogP contribution in [0.3, 0.4) is 0 Å². The largest absolute Gasteiger partial charge is 0.479 e. The molecule has 1 saturated heterocycles. The third-order valence-corrected chi connectivity index (χ3v) is 3.60. The Morgan fingerprint density at radius 2 is 2.21 bits per heavy atom. The number of halogens is 2. The summed E-state index contributed by atoms with van der Waals surface area (Å²) in [5.41, 5.74) is 0.357. The highest BCUT2D eigenvalue weighted by atomic mass is 79.9. The zero-order valence-electron chi connectivity index (χ0n) is 9.81. The van der Waals surface area contributed by atoms with Gasteiger partial charge >= 0.3 is 5.97 Å². The van der Waals surface area contributed by atoms with Gasteiger partial charge in [0.25, 0.3) is 5.91 Å².